The molecule has 0 saturated heterocycles. The molecule has 0 heterocycles. The van der Waals surface area contributed by atoms with Crippen molar-refractivity contribution in [1.82, 2.24) is 0 Å². The molecule has 0 atom stereocenters. The normalized spacial score (nSPS) is 13.7. The highest BCUT2D eigenvalue weighted by Gasteiger charge is 1.84. The first-order chi connectivity index (χ1) is 4.20. The maximum atomic E-state index is 12.3. The van der Waals surface area contributed by atoms with E-state index < -0.39 is 0 Å². The summed E-state index contributed by atoms with van der Waals surface area (Å²) in [5.74, 6) is -0.286. The molecule has 0 bridgehead atoms. The average Bonchev–Trinajstić information content (AvgIpc) is 1.87. The van der Waals surface area contributed by atoms with Crippen LogP contribution in [0.3, 0.4) is 0 Å². The van der Waals surface area contributed by atoms with Gasteiger partial charge >= 0.3 is 0 Å². The molecule has 0 rings (SSSR count). The van der Waals surface area contributed by atoms with Gasteiger partial charge < -0.3 is 0 Å². The third-order valence-corrected chi connectivity index (χ3v) is 1.02. The Morgan fingerprint density at radius 2 is 2.11 bits per heavy atom. The van der Waals surface area contributed by atoms with Crippen LogP contribution in [0, 0.1) is 0 Å². The van der Waals surface area contributed by atoms with E-state index in [4.69, 9.17) is 0 Å². The quantitative estimate of drug-likeness (QED) is 0.499. The lowest BCUT2D eigenvalue weighted by molar-refractivity contribution is 0.666. The standard InChI is InChI=1S/C8H11F/c1-4-7(3)6-8(9)5-2/h4-6H,2H2,1,3H3/b7-4-,8-6+. The third-order valence-electron chi connectivity index (χ3n) is 1.02. The van der Waals surface area contributed by atoms with Crippen LogP contribution < -0.4 is 0 Å². The van der Waals surface area contributed by atoms with Crippen LogP contribution in [0.15, 0.2) is 36.2 Å². The molecule has 0 unspecified atom stereocenters. The van der Waals surface area contributed by atoms with Crippen molar-refractivity contribution in [3.8, 4) is 0 Å². The molecule has 1 heteroatoms. The van der Waals surface area contributed by atoms with E-state index in [9.17, 15) is 4.39 Å². The molecule has 9 heavy (non-hydrogen) atoms. The molecule has 0 aliphatic rings. The van der Waals surface area contributed by atoms with Crippen LogP contribution in [-0.2, 0) is 0 Å². The first kappa shape index (κ1) is 8.15. The van der Waals surface area contributed by atoms with Gasteiger partial charge in [0.25, 0.3) is 0 Å². The fourth-order valence-corrected chi connectivity index (χ4v) is 0.360. The molecule has 0 aliphatic heterocycles. The number of hydrogen-bond donors (Lipinski definition) is 0. The molecular formula is C8H11F. The predicted molar refractivity (Wildman–Crippen MR) is 38.8 cm³/mol. The summed E-state index contributed by atoms with van der Waals surface area (Å²) >= 11 is 0. The Morgan fingerprint density at radius 1 is 1.56 bits per heavy atom. The van der Waals surface area contributed by atoms with Gasteiger partial charge in [0.1, 0.15) is 5.83 Å². The molecule has 0 amide bonds. The molecule has 0 aromatic heterocycles. The first-order valence-electron chi connectivity index (χ1n) is 2.83. The van der Waals surface area contributed by atoms with E-state index in [0.717, 1.165) is 5.57 Å². The average molecular weight is 126 g/mol. The number of allylic oxidation sites excluding steroid dienone is 5. The van der Waals surface area contributed by atoms with Gasteiger partial charge in [-0.1, -0.05) is 18.2 Å². The Kier molecular flexibility index (Phi) is 3.69. The summed E-state index contributed by atoms with van der Waals surface area (Å²) in [7, 11) is 0. The van der Waals surface area contributed by atoms with E-state index in [1.807, 2.05) is 19.9 Å². The lowest BCUT2D eigenvalue weighted by Gasteiger charge is -1.86. The molecule has 0 saturated carbocycles. The Balaban J connectivity index is 4.11. The van der Waals surface area contributed by atoms with Crippen LogP contribution in [0.25, 0.3) is 0 Å². The van der Waals surface area contributed by atoms with E-state index in [1.54, 1.807) is 0 Å². The van der Waals surface area contributed by atoms with Crippen molar-refractivity contribution in [3.05, 3.63) is 36.2 Å². The van der Waals surface area contributed by atoms with Crippen molar-refractivity contribution in [2.45, 2.75) is 13.8 Å². The summed E-state index contributed by atoms with van der Waals surface area (Å²) < 4.78 is 12.3. The second-order valence-electron chi connectivity index (χ2n) is 1.77. The van der Waals surface area contributed by atoms with Gasteiger partial charge in [0.15, 0.2) is 0 Å². The van der Waals surface area contributed by atoms with Gasteiger partial charge in [0.05, 0.1) is 0 Å². The fourth-order valence-electron chi connectivity index (χ4n) is 0.360. The van der Waals surface area contributed by atoms with Crippen LogP contribution in [0.1, 0.15) is 13.8 Å². The minimum absolute atomic E-state index is 0.286. The Morgan fingerprint density at radius 3 is 2.44 bits per heavy atom. The first-order valence-corrected chi connectivity index (χ1v) is 2.83. The third kappa shape index (κ3) is 3.71. The zero-order valence-corrected chi connectivity index (χ0v) is 5.82. The summed E-state index contributed by atoms with van der Waals surface area (Å²) in [4.78, 5) is 0. The van der Waals surface area contributed by atoms with Gasteiger partial charge in [-0.05, 0) is 26.0 Å². The Hall–Kier alpha value is -0.850. The zero-order valence-electron chi connectivity index (χ0n) is 5.82. The zero-order chi connectivity index (χ0) is 7.28. The highest BCUT2D eigenvalue weighted by molar-refractivity contribution is 5.22. The van der Waals surface area contributed by atoms with E-state index in [-0.39, 0.29) is 5.83 Å². The van der Waals surface area contributed by atoms with Crippen molar-refractivity contribution in [3.63, 3.8) is 0 Å². The highest BCUT2D eigenvalue weighted by atomic mass is 19.1. The maximum absolute atomic E-state index is 12.3. The smallest absolute Gasteiger partial charge is 0.122 e. The Bertz CT molecular complexity index is 152. The second-order valence-corrected chi connectivity index (χ2v) is 1.77. The highest BCUT2D eigenvalue weighted by Crippen LogP contribution is 2.02. The lowest BCUT2D eigenvalue weighted by Crippen LogP contribution is -1.67. The molecule has 0 fully saturated rings. The van der Waals surface area contributed by atoms with Gasteiger partial charge in [0, 0.05) is 0 Å². The van der Waals surface area contributed by atoms with Crippen molar-refractivity contribution >= 4 is 0 Å². The van der Waals surface area contributed by atoms with Crippen LogP contribution in [0.2, 0.25) is 0 Å². The second kappa shape index (κ2) is 4.07. The van der Waals surface area contributed by atoms with Crippen LogP contribution >= 0.6 is 0 Å². The lowest BCUT2D eigenvalue weighted by atomic mass is 10.2. The number of hydrogen-bond acceptors (Lipinski definition) is 0. The maximum Gasteiger partial charge on any atom is 0.122 e. The molecule has 0 radical (unpaired) electrons. The van der Waals surface area contributed by atoms with E-state index in [0.29, 0.717) is 0 Å². The molecule has 0 nitrogen and oxygen atoms in total. The van der Waals surface area contributed by atoms with Crippen LogP contribution in [-0.4, -0.2) is 0 Å². The van der Waals surface area contributed by atoms with Gasteiger partial charge in [-0.15, -0.1) is 0 Å². The van der Waals surface area contributed by atoms with Crippen molar-refractivity contribution in [2.75, 3.05) is 0 Å². The number of rotatable bonds is 2. The van der Waals surface area contributed by atoms with Crippen LogP contribution in [0.5, 0.6) is 0 Å². The fraction of sp³-hybridized carbons (Fsp3) is 0.250. The van der Waals surface area contributed by atoms with E-state index in [2.05, 4.69) is 6.58 Å². The summed E-state index contributed by atoms with van der Waals surface area (Å²) in [6.45, 7) is 6.98. The molecule has 0 spiro atoms. The van der Waals surface area contributed by atoms with Gasteiger partial charge in [-0.3, -0.25) is 0 Å². The molecule has 0 N–H and O–H groups in total. The number of halogens is 1. The van der Waals surface area contributed by atoms with Crippen LogP contribution in [0.4, 0.5) is 4.39 Å². The summed E-state index contributed by atoms with van der Waals surface area (Å²) in [5, 5.41) is 0. The monoisotopic (exact) mass is 126 g/mol. The van der Waals surface area contributed by atoms with Gasteiger partial charge in [-0.2, -0.15) is 0 Å². The minimum Gasteiger partial charge on any atom is -0.207 e. The Labute approximate surface area is 55.4 Å². The molecular weight excluding hydrogens is 115 g/mol. The molecule has 0 aliphatic carbocycles. The van der Waals surface area contributed by atoms with E-state index >= 15 is 0 Å². The predicted octanol–water partition coefficient (Wildman–Crippen LogP) is 2.99. The van der Waals surface area contributed by atoms with Gasteiger partial charge in [-0.25, -0.2) is 4.39 Å². The van der Waals surface area contributed by atoms with E-state index in [1.165, 1.54) is 12.2 Å². The SMILES string of the molecule is C=C/C(F)=C\C(C)=C/C. The van der Waals surface area contributed by atoms with Crippen molar-refractivity contribution in [2.24, 2.45) is 0 Å². The molecule has 50 valence electrons. The molecule has 0 aromatic rings. The topological polar surface area (TPSA) is 0 Å². The van der Waals surface area contributed by atoms with Crippen molar-refractivity contribution in [1.29, 1.82) is 0 Å². The summed E-state index contributed by atoms with van der Waals surface area (Å²) in [6, 6.07) is 0. The van der Waals surface area contributed by atoms with Gasteiger partial charge in [0.2, 0.25) is 0 Å². The summed E-state index contributed by atoms with van der Waals surface area (Å²) in [5.41, 5.74) is 0.910. The molecule has 0 aromatic carbocycles. The summed E-state index contributed by atoms with van der Waals surface area (Å²) in [6.07, 6.45) is 4.46. The largest absolute Gasteiger partial charge is 0.207 e. The van der Waals surface area contributed by atoms with Crippen molar-refractivity contribution < 1.29 is 4.39 Å². The minimum atomic E-state index is -0.286.